The summed E-state index contributed by atoms with van der Waals surface area (Å²) in [6.45, 7) is 4.40. The maximum absolute atomic E-state index is 11.4. The van der Waals surface area contributed by atoms with E-state index in [2.05, 4.69) is 26.0 Å². The summed E-state index contributed by atoms with van der Waals surface area (Å²) in [5, 5.41) is 2.59. The Balaban J connectivity index is 0.000000543. The van der Waals surface area contributed by atoms with E-state index in [0.717, 1.165) is 37.5 Å². The zero-order chi connectivity index (χ0) is 22.1. The molecule has 0 aromatic carbocycles. The molecule has 1 aliphatic carbocycles. The number of nitrogens with zero attached hydrogens (tertiary/aromatic N) is 2. The minimum absolute atomic E-state index is 0.0383. The van der Waals surface area contributed by atoms with Gasteiger partial charge in [0.25, 0.3) is 0 Å². The van der Waals surface area contributed by atoms with Gasteiger partial charge in [-0.3, -0.25) is 19.3 Å². The molecule has 1 aliphatic rings. The van der Waals surface area contributed by atoms with Gasteiger partial charge in [-0.2, -0.15) is 0 Å². The van der Waals surface area contributed by atoms with Crippen LogP contribution in [0.25, 0.3) is 0 Å². The molecule has 1 fully saturated rings. The third-order valence-corrected chi connectivity index (χ3v) is 5.33. The quantitative estimate of drug-likeness (QED) is 0.225. The highest BCUT2D eigenvalue weighted by Crippen LogP contribution is 2.45. The first-order valence-electron chi connectivity index (χ1n) is 11.2. The molecule has 0 aromatic rings. The highest BCUT2D eigenvalue weighted by atomic mass is 16.7. The molecule has 0 radical (unpaired) electrons. The molecule has 0 N–H and O–H groups in total. The van der Waals surface area contributed by atoms with Crippen LogP contribution in [-0.4, -0.2) is 50.3 Å². The molecule has 0 bridgehead atoms. The molecule has 2 atom stereocenters. The number of hydrogen-bond donors (Lipinski definition) is 0. The Morgan fingerprint density at radius 2 is 1.34 bits per heavy atom. The van der Waals surface area contributed by atoms with Crippen molar-refractivity contribution < 1.29 is 19.3 Å². The zero-order valence-corrected chi connectivity index (χ0v) is 19.6. The van der Waals surface area contributed by atoms with E-state index in [0.29, 0.717) is 12.8 Å². The van der Waals surface area contributed by atoms with Crippen molar-refractivity contribution in [2.75, 3.05) is 28.3 Å². The highest BCUT2D eigenvalue weighted by molar-refractivity contribution is 5.75. The van der Waals surface area contributed by atoms with E-state index in [1.54, 1.807) is 14.1 Å². The van der Waals surface area contributed by atoms with Crippen molar-refractivity contribution >= 4 is 11.8 Å². The summed E-state index contributed by atoms with van der Waals surface area (Å²) >= 11 is 0. The average Bonchev–Trinajstić information content (AvgIpc) is 3.47. The number of amides is 2. The Hall–Kier alpha value is -1.40. The molecule has 170 valence electrons. The number of unbranched alkanes of at least 4 members (excludes halogenated alkanes) is 2. The van der Waals surface area contributed by atoms with Crippen molar-refractivity contribution in [1.29, 1.82) is 0 Å². The van der Waals surface area contributed by atoms with E-state index < -0.39 is 0 Å². The Morgan fingerprint density at radius 1 is 0.828 bits per heavy atom. The zero-order valence-electron chi connectivity index (χ0n) is 19.6. The van der Waals surface area contributed by atoms with Gasteiger partial charge in [0, 0.05) is 26.9 Å². The third-order valence-electron chi connectivity index (χ3n) is 5.33. The molecular weight excluding hydrogens is 368 g/mol. The molecule has 6 nitrogen and oxygen atoms in total. The highest BCUT2D eigenvalue weighted by Gasteiger charge is 2.34. The van der Waals surface area contributed by atoms with E-state index in [9.17, 15) is 9.59 Å². The van der Waals surface area contributed by atoms with Crippen LogP contribution in [-0.2, 0) is 19.3 Å². The van der Waals surface area contributed by atoms with Gasteiger partial charge in [0.2, 0.25) is 11.8 Å². The second kappa shape index (κ2) is 17.5. The van der Waals surface area contributed by atoms with Gasteiger partial charge in [-0.25, -0.2) is 10.1 Å². The number of hydroxylamine groups is 4. The van der Waals surface area contributed by atoms with E-state index >= 15 is 0 Å². The Kier molecular flexibility index (Phi) is 16.6. The Bertz CT molecular complexity index is 468. The summed E-state index contributed by atoms with van der Waals surface area (Å²) in [7, 11) is 6.32. The first kappa shape index (κ1) is 27.6. The van der Waals surface area contributed by atoms with E-state index in [-0.39, 0.29) is 11.8 Å². The van der Waals surface area contributed by atoms with Gasteiger partial charge in [0.1, 0.15) is 0 Å². The first-order valence-corrected chi connectivity index (χ1v) is 11.2. The molecule has 29 heavy (non-hydrogen) atoms. The number of allylic oxidation sites excluding steroid dienone is 2. The van der Waals surface area contributed by atoms with Crippen LogP contribution >= 0.6 is 0 Å². The van der Waals surface area contributed by atoms with Crippen molar-refractivity contribution in [3.05, 3.63) is 12.2 Å². The summed E-state index contributed by atoms with van der Waals surface area (Å²) < 4.78 is 0. The summed E-state index contributed by atoms with van der Waals surface area (Å²) in [4.78, 5) is 32.2. The molecule has 1 saturated carbocycles. The lowest BCUT2D eigenvalue weighted by Crippen LogP contribution is -2.24. The Morgan fingerprint density at radius 3 is 1.86 bits per heavy atom. The fraction of sp³-hybridized carbons (Fsp3) is 0.826. The van der Waals surface area contributed by atoms with Crippen LogP contribution in [0.3, 0.4) is 0 Å². The molecule has 6 heteroatoms. The standard InChI is InChI=1S/C12H23NO2.C11H21NO2/c1-4-6-10-9-11(10)7-5-8-12(14)13(2)15-3;1-4-5-6-7-8-9-10-11(13)12(2)14-3/h10-11H,4-9H2,1-3H3;6-7H,4-5,8-10H2,1-3H3/b;7-6-. The average molecular weight is 413 g/mol. The minimum Gasteiger partial charge on any atom is -0.275 e. The molecular formula is C23H44N2O4. The maximum Gasteiger partial charge on any atom is 0.245 e. The molecule has 0 saturated heterocycles. The van der Waals surface area contributed by atoms with E-state index in [1.165, 1.54) is 56.5 Å². The van der Waals surface area contributed by atoms with Crippen molar-refractivity contribution in [3.63, 3.8) is 0 Å². The number of carbonyl (C=O) groups is 2. The second-order valence-electron chi connectivity index (χ2n) is 7.74. The number of rotatable bonds is 14. The van der Waals surface area contributed by atoms with Crippen LogP contribution in [0.15, 0.2) is 12.2 Å². The van der Waals surface area contributed by atoms with Gasteiger partial charge >= 0.3 is 0 Å². The molecule has 1 rings (SSSR count). The monoisotopic (exact) mass is 412 g/mol. The van der Waals surface area contributed by atoms with Gasteiger partial charge in [0.05, 0.1) is 14.2 Å². The smallest absolute Gasteiger partial charge is 0.245 e. The predicted molar refractivity (Wildman–Crippen MR) is 118 cm³/mol. The van der Waals surface area contributed by atoms with Gasteiger partial charge < -0.3 is 0 Å². The van der Waals surface area contributed by atoms with Crippen LogP contribution in [0.2, 0.25) is 0 Å². The second-order valence-corrected chi connectivity index (χ2v) is 7.74. The lowest BCUT2D eigenvalue weighted by molar-refractivity contribution is -0.169. The van der Waals surface area contributed by atoms with Crippen molar-refractivity contribution in [1.82, 2.24) is 10.1 Å². The van der Waals surface area contributed by atoms with Crippen LogP contribution in [0.5, 0.6) is 0 Å². The fourth-order valence-corrected chi connectivity index (χ4v) is 3.20. The minimum atomic E-state index is 0.0383. The third kappa shape index (κ3) is 14.3. The van der Waals surface area contributed by atoms with E-state index in [1.807, 2.05) is 0 Å². The number of hydrogen-bond acceptors (Lipinski definition) is 4. The van der Waals surface area contributed by atoms with Crippen LogP contribution in [0.4, 0.5) is 0 Å². The lowest BCUT2D eigenvalue weighted by atomic mass is 10.1. The molecule has 0 aliphatic heterocycles. The van der Waals surface area contributed by atoms with Gasteiger partial charge in [0.15, 0.2) is 0 Å². The van der Waals surface area contributed by atoms with Crippen molar-refractivity contribution in [2.24, 2.45) is 11.8 Å². The van der Waals surface area contributed by atoms with Gasteiger partial charge in [-0.15, -0.1) is 0 Å². The van der Waals surface area contributed by atoms with Gasteiger partial charge in [-0.1, -0.05) is 45.3 Å². The molecule has 2 amide bonds. The molecule has 0 spiro atoms. The summed E-state index contributed by atoms with van der Waals surface area (Å²) in [5.41, 5.74) is 0. The largest absolute Gasteiger partial charge is 0.275 e. The normalized spacial score (nSPS) is 17.6. The van der Waals surface area contributed by atoms with Gasteiger partial charge in [-0.05, 0) is 50.4 Å². The predicted octanol–water partition coefficient (Wildman–Crippen LogP) is 5.15. The summed E-state index contributed by atoms with van der Waals surface area (Å²) in [5.74, 6) is 2.00. The summed E-state index contributed by atoms with van der Waals surface area (Å²) in [6, 6.07) is 0. The lowest BCUT2D eigenvalue weighted by Gasteiger charge is -2.12. The molecule has 0 heterocycles. The SMILES string of the molecule is CCC/C=C\CCCC(=O)N(C)OC.CCCC1CC1CCCC(=O)N(C)OC. The van der Waals surface area contributed by atoms with Crippen LogP contribution < -0.4 is 0 Å². The topological polar surface area (TPSA) is 59.1 Å². The fourth-order valence-electron chi connectivity index (χ4n) is 3.20. The van der Waals surface area contributed by atoms with Crippen molar-refractivity contribution in [2.45, 2.75) is 84.5 Å². The number of carbonyl (C=O) groups excluding carboxylic acids is 2. The van der Waals surface area contributed by atoms with E-state index in [4.69, 9.17) is 9.68 Å². The summed E-state index contributed by atoms with van der Waals surface area (Å²) in [6.07, 6.45) is 16.0. The van der Waals surface area contributed by atoms with Crippen molar-refractivity contribution in [3.8, 4) is 0 Å². The van der Waals surface area contributed by atoms with Crippen LogP contribution in [0.1, 0.15) is 84.5 Å². The molecule has 2 unspecified atom stereocenters. The first-order chi connectivity index (χ1) is 13.9. The Labute approximate surface area is 178 Å². The molecule has 0 aromatic heterocycles. The maximum atomic E-state index is 11.4. The van der Waals surface area contributed by atoms with Crippen LogP contribution in [0, 0.1) is 11.8 Å².